The van der Waals surface area contributed by atoms with Gasteiger partial charge < -0.3 is 22.4 Å². The first-order valence-corrected chi connectivity index (χ1v) is 13.5. The van der Waals surface area contributed by atoms with Crippen LogP contribution in [0.25, 0.3) is 16.7 Å². The van der Waals surface area contributed by atoms with Crippen LogP contribution in [0.1, 0.15) is 56.5 Å². The van der Waals surface area contributed by atoms with Gasteiger partial charge in [-0.15, -0.1) is 0 Å². The third-order valence-electron chi connectivity index (χ3n) is 7.80. The maximum Gasteiger partial charge on any atom is 0.737 e. The molecule has 0 amide bonds. The molecule has 3 aromatic rings. The number of hydrogen-bond acceptors (Lipinski definition) is 0. The molecule has 0 aliphatic carbocycles. The van der Waals surface area contributed by atoms with Crippen LogP contribution in [-0.4, -0.2) is 32.4 Å². The minimum Gasteiger partial charge on any atom is -0.393 e. The standard InChI is InChI=1S/C30H34BF2N4O2/c1-21-18-23(3)36-29(21)27(30-22(2)19-24(4)37(30)31(36,32)33)20-35-16-11-26(12-17-35)25-9-14-34(15-10-25)13-7-5-6-8-28(38)39/h9-12,14-19H,5-8,13,20H2,1-4H3/q+2/p+1. The smallest absolute Gasteiger partial charge is 0.393 e. The van der Waals surface area contributed by atoms with Gasteiger partial charge in [-0.25, -0.2) is 9.13 Å². The van der Waals surface area contributed by atoms with Crippen molar-refractivity contribution in [3.05, 3.63) is 89.4 Å². The second-order valence-corrected chi connectivity index (χ2v) is 10.7. The van der Waals surface area contributed by atoms with Crippen LogP contribution in [-0.2, 0) is 18.2 Å². The summed E-state index contributed by atoms with van der Waals surface area (Å²) in [6.07, 6.45) is 12.7. The quantitative estimate of drug-likeness (QED) is 0.163. The molecule has 0 saturated heterocycles. The fourth-order valence-electron chi connectivity index (χ4n) is 6.06. The molecule has 6 nitrogen and oxygen atoms in total. The first-order chi connectivity index (χ1) is 18.6. The van der Waals surface area contributed by atoms with Crippen molar-refractivity contribution in [2.45, 2.75) is 66.5 Å². The number of rotatable bonds is 9. The lowest BCUT2D eigenvalue weighted by Crippen LogP contribution is -2.52. The van der Waals surface area contributed by atoms with E-state index in [1.54, 1.807) is 13.8 Å². The van der Waals surface area contributed by atoms with E-state index in [-0.39, 0.29) is 6.42 Å². The summed E-state index contributed by atoms with van der Waals surface area (Å²) in [4.78, 5) is 8.75. The normalized spacial score (nSPS) is 15.9. The van der Waals surface area contributed by atoms with Gasteiger partial charge in [-0.2, -0.15) is 0 Å². The van der Waals surface area contributed by atoms with E-state index >= 15 is 8.63 Å². The summed E-state index contributed by atoms with van der Waals surface area (Å²) in [6, 6.07) is 10.1. The van der Waals surface area contributed by atoms with Crippen molar-refractivity contribution < 1.29 is 32.2 Å². The molecule has 0 aromatic carbocycles. The first kappa shape index (κ1) is 26.7. The summed E-state index contributed by atoms with van der Waals surface area (Å²) in [5.74, 6) is -0.740. The van der Waals surface area contributed by atoms with Crippen molar-refractivity contribution in [1.29, 1.82) is 0 Å². The number of unbranched alkanes of at least 4 members (excludes halogenated alkanes) is 2. The summed E-state index contributed by atoms with van der Waals surface area (Å²) < 4.78 is 38.2. The van der Waals surface area contributed by atoms with E-state index in [0.29, 0.717) is 35.8 Å². The second kappa shape index (κ2) is 10.4. The lowest BCUT2D eigenvalue weighted by molar-refractivity contribution is -0.697. The van der Waals surface area contributed by atoms with Crippen LogP contribution < -0.4 is 9.13 Å². The van der Waals surface area contributed by atoms with E-state index in [0.717, 1.165) is 47.2 Å². The van der Waals surface area contributed by atoms with Gasteiger partial charge in [-0.05, 0) is 62.1 Å². The Hall–Kier alpha value is -3.88. The molecule has 0 fully saturated rings. The monoisotopic (exact) mass is 532 g/mol. The zero-order chi connectivity index (χ0) is 27.9. The molecule has 201 valence electrons. The zero-order valence-corrected chi connectivity index (χ0v) is 23.0. The molecule has 5 heterocycles. The van der Waals surface area contributed by atoms with Gasteiger partial charge in [0.1, 0.15) is 24.3 Å². The highest BCUT2D eigenvalue weighted by atomic mass is 19.2. The summed E-state index contributed by atoms with van der Waals surface area (Å²) >= 11 is 0. The number of allylic oxidation sites excluding steroid dienone is 3. The molecule has 0 spiro atoms. The predicted molar refractivity (Wildman–Crippen MR) is 147 cm³/mol. The average molecular weight is 532 g/mol. The minimum absolute atomic E-state index is 0.224. The molecule has 0 unspecified atom stereocenters. The molecule has 2 aliphatic rings. The van der Waals surface area contributed by atoms with Crippen LogP contribution in [0.2, 0.25) is 0 Å². The maximum atomic E-state index is 15.8. The fourth-order valence-corrected chi connectivity index (χ4v) is 6.06. The number of carbonyl (C=O) groups excluding carboxylic acids is 1. The Morgan fingerprint density at radius 3 is 2.15 bits per heavy atom. The van der Waals surface area contributed by atoms with Crippen LogP contribution in [0.3, 0.4) is 0 Å². The second-order valence-electron chi connectivity index (χ2n) is 10.7. The summed E-state index contributed by atoms with van der Waals surface area (Å²) in [5, 5.41) is 10.6. The third-order valence-corrected chi connectivity index (χ3v) is 7.80. The van der Waals surface area contributed by atoms with Crippen LogP contribution in [0.15, 0.2) is 72.5 Å². The largest absolute Gasteiger partial charge is 0.737 e. The number of hydrogen-bond donors (Lipinski definition) is 0. The van der Waals surface area contributed by atoms with Gasteiger partial charge in [0.05, 0.1) is 0 Å². The van der Waals surface area contributed by atoms with E-state index in [1.165, 1.54) is 8.96 Å². The van der Waals surface area contributed by atoms with Crippen LogP contribution in [0.5, 0.6) is 0 Å². The zero-order valence-electron chi connectivity index (χ0n) is 23.0. The Balaban J connectivity index is 1.36. The first-order valence-electron chi connectivity index (χ1n) is 13.5. The summed E-state index contributed by atoms with van der Waals surface area (Å²) in [5.41, 5.74) is 7.20. The lowest BCUT2D eigenvalue weighted by atomic mass is 9.86. The number of pyridine rings is 2. The van der Waals surface area contributed by atoms with E-state index in [4.69, 9.17) is 4.79 Å². The van der Waals surface area contributed by atoms with Crippen molar-refractivity contribution in [3.8, 4) is 11.1 Å². The van der Waals surface area contributed by atoms with E-state index in [1.807, 2.05) is 55.3 Å². The molecule has 0 atom stereocenters. The SMILES string of the molecule is CC1=CC(C)=[N+]2C1=C(C[n+]1ccc(-c3cc[n+](CCCCCC([O])=[OH+])cc3)cc1)c1c(C)cc(C)n1[B-]2(F)F. The molecule has 1 radical (unpaired) electrons. The molecule has 1 N–H and O–H groups in total. The molecule has 0 saturated carbocycles. The third kappa shape index (κ3) is 4.98. The molecule has 2 aliphatic heterocycles. The van der Waals surface area contributed by atoms with Gasteiger partial charge in [0.15, 0.2) is 37.0 Å². The lowest BCUT2D eigenvalue weighted by Gasteiger charge is -2.33. The van der Waals surface area contributed by atoms with Crippen LogP contribution in [0, 0.1) is 13.8 Å². The van der Waals surface area contributed by atoms with E-state index in [9.17, 15) is 5.11 Å². The Kier molecular flexibility index (Phi) is 7.10. The minimum atomic E-state index is -3.96. The van der Waals surface area contributed by atoms with Crippen molar-refractivity contribution in [3.63, 3.8) is 0 Å². The van der Waals surface area contributed by atoms with Gasteiger partial charge in [0.25, 0.3) is 0 Å². The average Bonchev–Trinajstić information content (AvgIpc) is 3.37. The van der Waals surface area contributed by atoms with Crippen molar-refractivity contribution in [1.82, 2.24) is 4.48 Å². The van der Waals surface area contributed by atoms with Gasteiger partial charge in [0.2, 0.25) is 0 Å². The maximum absolute atomic E-state index is 15.8. The summed E-state index contributed by atoms with van der Waals surface area (Å²) in [6.45, 7) is 4.72. The highest BCUT2D eigenvalue weighted by Gasteiger charge is 2.55. The molecular weight excluding hydrogens is 497 g/mol. The van der Waals surface area contributed by atoms with Crippen molar-refractivity contribution >= 4 is 24.2 Å². The van der Waals surface area contributed by atoms with Gasteiger partial charge in [0, 0.05) is 60.1 Å². The number of fused-ring (bicyclic) bond motifs is 2. The van der Waals surface area contributed by atoms with E-state index < -0.39 is 12.9 Å². The Morgan fingerprint density at radius 2 is 1.54 bits per heavy atom. The Morgan fingerprint density at radius 1 is 0.923 bits per heavy atom. The highest BCUT2D eigenvalue weighted by molar-refractivity contribution is 6.58. The van der Waals surface area contributed by atoms with Gasteiger partial charge in [-0.3, -0.25) is 0 Å². The fraction of sp³-hybridized carbons (Fsp3) is 0.333. The van der Waals surface area contributed by atoms with Crippen molar-refractivity contribution in [2.75, 3.05) is 0 Å². The van der Waals surface area contributed by atoms with Gasteiger partial charge >= 0.3 is 12.9 Å². The van der Waals surface area contributed by atoms with Gasteiger partial charge in [-0.1, -0.05) is 0 Å². The van der Waals surface area contributed by atoms with E-state index in [2.05, 4.69) is 28.8 Å². The van der Waals surface area contributed by atoms with Crippen LogP contribution in [0.4, 0.5) is 8.63 Å². The highest BCUT2D eigenvalue weighted by Crippen LogP contribution is 2.41. The molecule has 0 bridgehead atoms. The number of aryl methyl sites for hydroxylation is 3. The topological polar surface area (TPSA) is 57.0 Å². The van der Waals surface area contributed by atoms with Crippen LogP contribution >= 0.6 is 0 Å². The Bertz CT molecular complexity index is 1530. The Labute approximate surface area is 227 Å². The molecule has 9 heteroatoms. The number of nitrogens with zero attached hydrogens (tertiary/aromatic N) is 4. The molecule has 3 aromatic heterocycles. The predicted octanol–water partition coefficient (Wildman–Crippen LogP) is 4.92. The molecule has 39 heavy (non-hydrogen) atoms. The number of halogens is 2. The number of aromatic nitrogens is 3. The molecular formula is C30H35BF2N4O2+3. The molecule has 5 rings (SSSR count). The summed E-state index contributed by atoms with van der Waals surface area (Å²) in [7, 11) is 0. The van der Waals surface area contributed by atoms with Crippen molar-refractivity contribution in [2.24, 2.45) is 0 Å².